The van der Waals surface area contributed by atoms with Gasteiger partial charge in [-0.3, -0.25) is 4.79 Å². The van der Waals surface area contributed by atoms with E-state index in [1.165, 1.54) is 12.1 Å². The SMILES string of the molecule is CN(C[C@H](Cc1ccccc1)NC(=O)Cc1c[nH]c2ccc(O)cc12)c1ccc(F)cc1. The van der Waals surface area contributed by atoms with Crippen LogP contribution in [0.5, 0.6) is 5.75 Å². The second-order valence-electron chi connectivity index (χ2n) is 8.03. The van der Waals surface area contributed by atoms with Crippen LogP contribution in [-0.4, -0.2) is 35.6 Å². The Hall–Kier alpha value is -3.80. The van der Waals surface area contributed by atoms with Gasteiger partial charge in [-0.15, -0.1) is 0 Å². The number of anilines is 1. The minimum Gasteiger partial charge on any atom is -0.508 e. The van der Waals surface area contributed by atoms with E-state index in [2.05, 4.69) is 10.3 Å². The highest BCUT2D eigenvalue weighted by molar-refractivity contribution is 5.89. The molecule has 32 heavy (non-hydrogen) atoms. The Kier molecular flexibility index (Phi) is 6.40. The molecule has 1 aromatic heterocycles. The highest BCUT2D eigenvalue weighted by Crippen LogP contribution is 2.23. The fourth-order valence-electron chi connectivity index (χ4n) is 3.96. The van der Waals surface area contributed by atoms with Gasteiger partial charge in [0.15, 0.2) is 0 Å². The summed E-state index contributed by atoms with van der Waals surface area (Å²) < 4.78 is 13.3. The molecule has 1 atom stereocenters. The van der Waals surface area contributed by atoms with E-state index in [0.717, 1.165) is 27.7 Å². The van der Waals surface area contributed by atoms with Gasteiger partial charge in [-0.25, -0.2) is 4.39 Å². The molecule has 5 nitrogen and oxygen atoms in total. The highest BCUT2D eigenvalue weighted by atomic mass is 19.1. The number of aromatic hydroxyl groups is 1. The Labute approximate surface area is 186 Å². The predicted molar refractivity (Wildman–Crippen MR) is 125 cm³/mol. The summed E-state index contributed by atoms with van der Waals surface area (Å²) >= 11 is 0. The maximum atomic E-state index is 13.3. The summed E-state index contributed by atoms with van der Waals surface area (Å²) in [6, 6.07) is 21.3. The maximum absolute atomic E-state index is 13.3. The van der Waals surface area contributed by atoms with E-state index in [1.54, 1.807) is 36.5 Å². The van der Waals surface area contributed by atoms with Crippen LogP contribution in [0.4, 0.5) is 10.1 Å². The Morgan fingerprint density at radius 2 is 1.84 bits per heavy atom. The molecule has 0 spiro atoms. The number of fused-ring (bicyclic) bond motifs is 1. The summed E-state index contributed by atoms with van der Waals surface area (Å²) in [5.41, 5.74) is 3.72. The Morgan fingerprint density at radius 3 is 2.59 bits per heavy atom. The quantitative estimate of drug-likeness (QED) is 0.387. The van der Waals surface area contributed by atoms with Crippen molar-refractivity contribution in [1.82, 2.24) is 10.3 Å². The lowest BCUT2D eigenvalue weighted by atomic mass is 10.0. The third kappa shape index (κ3) is 5.27. The summed E-state index contributed by atoms with van der Waals surface area (Å²) in [6.45, 7) is 0.570. The Morgan fingerprint density at radius 1 is 1.09 bits per heavy atom. The van der Waals surface area contributed by atoms with Crippen LogP contribution in [0.1, 0.15) is 11.1 Å². The normalized spacial score (nSPS) is 11.9. The van der Waals surface area contributed by atoms with Crippen LogP contribution in [0.3, 0.4) is 0 Å². The van der Waals surface area contributed by atoms with Gasteiger partial charge in [0, 0.05) is 36.4 Å². The number of amides is 1. The molecule has 3 aromatic carbocycles. The van der Waals surface area contributed by atoms with Crippen molar-refractivity contribution in [3.8, 4) is 5.75 Å². The molecule has 0 aliphatic rings. The van der Waals surface area contributed by atoms with E-state index in [0.29, 0.717) is 13.0 Å². The van der Waals surface area contributed by atoms with E-state index in [9.17, 15) is 14.3 Å². The molecule has 0 saturated heterocycles. The number of phenolic OH excluding ortho intramolecular Hbond substituents is 1. The number of carbonyl (C=O) groups excluding carboxylic acids is 1. The number of benzene rings is 3. The van der Waals surface area contributed by atoms with Crippen molar-refractivity contribution < 1.29 is 14.3 Å². The van der Waals surface area contributed by atoms with Crippen LogP contribution in [0.15, 0.2) is 79.0 Å². The molecular formula is C26H26FN3O2. The largest absolute Gasteiger partial charge is 0.508 e. The lowest BCUT2D eigenvalue weighted by Crippen LogP contribution is -2.44. The summed E-state index contributed by atoms with van der Waals surface area (Å²) in [7, 11) is 1.93. The van der Waals surface area contributed by atoms with Crippen molar-refractivity contribution in [2.45, 2.75) is 18.9 Å². The lowest BCUT2D eigenvalue weighted by Gasteiger charge is -2.27. The van der Waals surface area contributed by atoms with E-state index in [4.69, 9.17) is 0 Å². The van der Waals surface area contributed by atoms with E-state index in [-0.39, 0.29) is 29.9 Å². The first-order chi connectivity index (χ1) is 15.5. The number of rotatable bonds is 8. The van der Waals surface area contributed by atoms with Crippen LogP contribution < -0.4 is 10.2 Å². The molecule has 0 aliphatic heterocycles. The van der Waals surface area contributed by atoms with Crippen LogP contribution in [0.25, 0.3) is 10.9 Å². The Bertz CT molecular complexity index is 1190. The number of aromatic amines is 1. The molecule has 1 heterocycles. The van der Waals surface area contributed by atoms with Crippen LogP contribution >= 0.6 is 0 Å². The third-order valence-electron chi connectivity index (χ3n) is 5.55. The first-order valence-corrected chi connectivity index (χ1v) is 10.6. The monoisotopic (exact) mass is 431 g/mol. The molecule has 3 N–H and O–H groups in total. The molecule has 0 unspecified atom stereocenters. The molecule has 0 aliphatic carbocycles. The van der Waals surface area contributed by atoms with Crippen LogP contribution in [0.2, 0.25) is 0 Å². The number of hydrogen-bond acceptors (Lipinski definition) is 3. The van der Waals surface area contributed by atoms with Crippen molar-refractivity contribution in [3.05, 3.63) is 95.9 Å². The van der Waals surface area contributed by atoms with Gasteiger partial charge in [0.2, 0.25) is 5.91 Å². The second-order valence-corrected chi connectivity index (χ2v) is 8.03. The van der Waals surface area contributed by atoms with Gasteiger partial charge in [-0.1, -0.05) is 30.3 Å². The topological polar surface area (TPSA) is 68.4 Å². The molecule has 4 aromatic rings. The molecule has 0 bridgehead atoms. The van der Waals surface area contributed by atoms with Gasteiger partial charge >= 0.3 is 0 Å². The summed E-state index contributed by atoms with van der Waals surface area (Å²) in [6.07, 6.45) is 2.68. The molecular weight excluding hydrogens is 405 g/mol. The second kappa shape index (κ2) is 9.56. The smallest absolute Gasteiger partial charge is 0.224 e. The standard InChI is InChI=1S/C26H26FN3O2/c1-30(22-9-7-20(27)8-10-22)17-21(13-18-5-3-2-4-6-18)29-26(32)14-19-16-28-25-12-11-23(31)15-24(19)25/h2-12,15-16,21,28,31H,13-14,17H2,1H3,(H,29,32)/t21-/m0/s1. The van der Waals surface area contributed by atoms with Gasteiger partial charge in [0.25, 0.3) is 0 Å². The average Bonchev–Trinajstić information content (AvgIpc) is 3.16. The fourth-order valence-corrected chi connectivity index (χ4v) is 3.96. The zero-order chi connectivity index (χ0) is 22.5. The summed E-state index contributed by atoms with van der Waals surface area (Å²) in [5.74, 6) is -0.203. The summed E-state index contributed by atoms with van der Waals surface area (Å²) in [5, 5.41) is 13.8. The van der Waals surface area contributed by atoms with Gasteiger partial charge in [-0.05, 0) is 60.0 Å². The highest BCUT2D eigenvalue weighted by Gasteiger charge is 2.17. The number of aromatic nitrogens is 1. The zero-order valence-electron chi connectivity index (χ0n) is 17.9. The molecule has 0 fully saturated rings. The fraction of sp³-hybridized carbons (Fsp3) is 0.192. The van der Waals surface area contributed by atoms with Crippen molar-refractivity contribution in [1.29, 1.82) is 0 Å². The number of halogens is 1. The van der Waals surface area contributed by atoms with Crippen molar-refractivity contribution >= 4 is 22.5 Å². The van der Waals surface area contributed by atoms with Crippen LogP contribution in [-0.2, 0) is 17.6 Å². The maximum Gasteiger partial charge on any atom is 0.224 e. The first kappa shape index (κ1) is 21.4. The molecule has 164 valence electrons. The number of H-pyrrole nitrogens is 1. The van der Waals surface area contributed by atoms with Gasteiger partial charge < -0.3 is 20.3 Å². The molecule has 1 amide bonds. The van der Waals surface area contributed by atoms with E-state index >= 15 is 0 Å². The number of nitrogens with zero attached hydrogens (tertiary/aromatic N) is 1. The Balaban J connectivity index is 1.49. The van der Waals surface area contributed by atoms with Gasteiger partial charge in [0.05, 0.1) is 12.5 Å². The number of nitrogens with one attached hydrogen (secondary N) is 2. The third-order valence-corrected chi connectivity index (χ3v) is 5.55. The van der Waals surface area contributed by atoms with Crippen LogP contribution in [0, 0.1) is 5.82 Å². The minimum absolute atomic E-state index is 0.0947. The molecule has 0 saturated carbocycles. The van der Waals surface area contributed by atoms with Gasteiger partial charge in [0.1, 0.15) is 11.6 Å². The number of likely N-dealkylation sites (N-methyl/N-ethyl adjacent to an activating group) is 1. The average molecular weight is 432 g/mol. The molecule has 0 radical (unpaired) electrons. The van der Waals surface area contributed by atoms with Crippen molar-refractivity contribution in [2.24, 2.45) is 0 Å². The predicted octanol–water partition coefficient (Wildman–Crippen LogP) is 4.42. The van der Waals surface area contributed by atoms with Crippen molar-refractivity contribution in [3.63, 3.8) is 0 Å². The van der Waals surface area contributed by atoms with E-state index in [1.807, 2.05) is 42.3 Å². The zero-order valence-corrected chi connectivity index (χ0v) is 17.9. The van der Waals surface area contributed by atoms with Crippen molar-refractivity contribution in [2.75, 3.05) is 18.5 Å². The lowest BCUT2D eigenvalue weighted by molar-refractivity contribution is -0.121. The molecule has 6 heteroatoms. The van der Waals surface area contributed by atoms with E-state index < -0.39 is 0 Å². The molecule has 4 rings (SSSR count). The number of hydrogen-bond donors (Lipinski definition) is 3. The number of phenols is 1. The van der Waals surface area contributed by atoms with Gasteiger partial charge in [-0.2, -0.15) is 0 Å². The minimum atomic E-state index is -0.277. The summed E-state index contributed by atoms with van der Waals surface area (Å²) in [4.78, 5) is 18.1. The first-order valence-electron chi connectivity index (χ1n) is 10.6. The number of carbonyl (C=O) groups is 1.